The van der Waals surface area contributed by atoms with Crippen molar-refractivity contribution in [3.63, 3.8) is 0 Å². The average molecular weight is 402 g/mol. The third-order valence-corrected chi connectivity index (χ3v) is 5.49. The molecule has 2 heterocycles. The normalized spacial score (nSPS) is 17.6. The zero-order chi connectivity index (χ0) is 20.8. The van der Waals surface area contributed by atoms with Gasteiger partial charge in [0.25, 0.3) is 0 Å². The lowest BCUT2D eigenvalue weighted by Gasteiger charge is -2.31. The molecule has 0 unspecified atom stereocenters. The molecule has 1 aromatic heterocycles. The van der Waals surface area contributed by atoms with Crippen LogP contribution in [-0.2, 0) is 20.8 Å². The Morgan fingerprint density at radius 3 is 2.79 bits per heavy atom. The van der Waals surface area contributed by atoms with Gasteiger partial charge in [0.1, 0.15) is 5.76 Å². The maximum absolute atomic E-state index is 12.5. The lowest BCUT2D eigenvalue weighted by atomic mass is 9.97. The Labute approximate surface area is 172 Å². The maximum Gasteiger partial charge on any atom is 0.226 e. The van der Waals surface area contributed by atoms with Crippen LogP contribution in [0.3, 0.4) is 0 Å². The van der Waals surface area contributed by atoms with E-state index in [9.17, 15) is 4.79 Å². The minimum absolute atomic E-state index is 0.0406. The molecule has 1 atom stereocenters. The highest BCUT2D eigenvalue weighted by Gasteiger charge is 2.27. The van der Waals surface area contributed by atoms with E-state index in [1.807, 2.05) is 25.1 Å². The van der Waals surface area contributed by atoms with Crippen molar-refractivity contribution in [2.75, 3.05) is 33.9 Å². The van der Waals surface area contributed by atoms with E-state index in [1.165, 1.54) is 0 Å². The monoisotopic (exact) mass is 401 g/mol. The molecule has 7 heteroatoms. The molecule has 0 saturated carbocycles. The summed E-state index contributed by atoms with van der Waals surface area (Å²) in [5.41, 5.74) is 3.09. The van der Waals surface area contributed by atoms with Crippen LogP contribution in [0, 0.1) is 19.8 Å². The van der Waals surface area contributed by atoms with Crippen molar-refractivity contribution in [3.05, 3.63) is 41.3 Å². The minimum Gasteiger partial charge on any atom is -0.441 e. The van der Waals surface area contributed by atoms with Crippen molar-refractivity contribution in [3.8, 4) is 11.5 Å². The van der Waals surface area contributed by atoms with Crippen LogP contribution in [0.5, 0.6) is 0 Å². The highest BCUT2D eigenvalue weighted by molar-refractivity contribution is 5.79. The minimum atomic E-state index is -0.420. The Balaban J connectivity index is 1.61. The number of benzene rings is 1. The van der Waals surface area contributed by atoms with Gasteiger partial charge in [0.2, 0.25) is 11.8 Å². The van der Waals surface area contributed by atoms with Crippen molar-refractivity contribution in [1.29, 1.82) is 0 Å². The van der Waals surface area contributed by atoms with Crippen LogP contribution in [0.15, 0.2) is 28.7 Å². The van der Waals surface area contributed by atoms with Gasteiger partial charge in [-0.25, -0.2) is 4.98 Å². The van der Waals surface area contributed by atoms with Crippen LogP contribution in [-0.4, -0.2) is 55.9 Å². The Kier molecular flexibility index (Phi) is 7.41. The molecular weight excluding hydrogens is 370 g/mol. The van der Waals surface area contributed by atoms with E-state index in [0.717, 1.165) is 42.0 Å². The number of rotatable bonds is 8. The Morgan fingerprint density at radius 2 is 2.07 bits per heavy atom. The number of methoxy groups -OCH3 is 2. The van der Waals surface area contributed by atoms with E-state index in [4.69, 9.17) is 18.9 Å². The first-order valence-corrected chi connectivity index (χ1v) is 10.1. The van der Waals surface area contributed by atoms with Crippen molar-refractivity contribution in [2.45, 2.75) is 39.5 Å². The number of nitrogens with zero attached hydrogens (tertiary/aromatic N) is 2. The van der Waals surface area contributed by atoms with Crippen LogP contribution in [0.1, 0.15) is 29.9 Å². The second-order valence-electron chi connectivity index (χ2n) is 7.56. The number of oxazole rings is 1. The molecule has 7 nitrogen and oxygen atoms in total. The number of piperidine rings is 1. The van der Waals surface area contributed by atoms with E-state index in [1.54, 1.807) is 14.2 Å². The van der Waals surface area contributed by atoms with Gasteiger partial charge in [0, 0.05) is 32.9 Å². The summed E-state index contributed by atoms with van der Waals surface area (Å²) < 4.78 is 16.2. The molecule has 0 radical (unpaired) electrons. The molecule has 1 aliphatic heterocycles. The van der Waals surface area contributed by atoms with Crippen molar-refractivity contribution in [1.82, 2.24) is 15.2 Å². The quantitative estimate of drug-likeness (QED) is 0.686. The second-order valence-corrected chi connectivity index (χ2v) is 7.56. The topological polar surface area (TPSA) is 76.8 Å². The SMILES string of the molecule is COC(CNC(=O)[C@H]1CCCN(Cc2nc(-c3ccccc3C)oc2C)C1)OC. The molecule has 0 spiro atoms. The van der Waals surface area contributed by atoms with Gasteiger partial charge >= 0.3 is 0 Å². The number of ether oxygens (including phenoxy) is 2. The fourth-order valence-corrected chi connectivity index (χ4v) is 3.72. The molecule has 158 valence electrons. The van der Waals surface area contributed by atoms with Gasteiger partial charge in [0.15, 0.2) is 6.29 Å². The number of nitrogens with one attached hydrogen (secondary N) is 1. The van der Waals surface area contributed by atoms with Crippen LogP contribution < -0.4 is 5.32 Å². The molecular formula is C22H31N3O4. The Morgan fingerprint density at radius 1 is 1.31 bits per heavy atom. The summed E-state index contributed by atoms with van der Waals surface area (Å²) in [5.74, 6) is 1.50. The third kappa shape index (κ3) is 5.44. The molecule has 1 amide bonds. The zero-order valence-corrected chi connectivity index (χ0v) is 17.7. The molecule has 0 aliphatic carbocycles. The van der Waals surface area contributed by atoms with Gasteiger partial charge in [0.05, 0.1) is 18.2 Å². The highest BCUT2D eigenvalue weighted by atomic mass is 16.7. The molecule has 3 rings (SSSR count). The predicted octanol–water partition coefficient (Wildman–Crippen LogP) is 2.91. The van der Waals surface area contributed by atoms with E-state index >= 15 is 0 Å². The molecule has 1 N–H and O–H groups in total. The number of hydrogen-bond acceptors (Lipinski definition) is 6. The second kappa shape index (κ2) is 10.0. The van der Waals surface area contributed by atoms with Gasteiger partial charge in [-0.15, -0.1) is 0 Å². The summed E-state index contributed by atoms with van der Waals surface area (Å²) in [4.78, 5) is 19.6. The van der Waals surface area contributed by atoms with E-state index < -0.39 is 6.29 Å². The van der Waals surface area contributed by atoms with Crippen molar-refractivity contribution in [2.24, 2.45) is 5.92 Å². The fraction of sp³-hybridized carbons (Fsp3) is 0.545. The molecule has 0 bridgehead atoms. The fourth-order valence-electron chi connectivity index (χ4n) is 3.72. The Bertz CT molecular complexity index is 816. The summed E-state index contributed by atoms with van der Waals surface area (Å²) in [6.45, 7) is 6.71. The number of amides is 1. The van der Waals surface area contributed by atoms with E-state index in [2.05, 4.69) is 23.2 Å². The zero-order valence-electron chi connectivity index (χ0n) is 17.7. The summed E-state index contributed by atoms with van der Waals surface area (Å²) in [7, 11) is 3.13. The standard InChI is InChI=1S/C22H31N3O4/c1-15-8-5-6-10-18(15)22-24-19(16(2)29-22)14-25-11-7-9-17(13-25)21(26)23-12-20(27-3)28-4/h5-6,8,10,17,20H,7,9,11-14H2,1-4H3,(H,23,26)/t17-/m0/s1. The lowest BCUT2D eigenvalue weighted by molar-refractivity contribution is -0.132. The maximum atomic E-state index is 12.5. The Hall–Kier alpha value is -2.22. The molecule has 1 aromatic carbocycles. The van der Waals surface area contributed by atoms with Crippen LogP contribution in [0.2, 0.25) is 0 Å². The number of hydrogen-bond donors (Lipinski definition) is 1. The van der Waals surface area contributed by atoms with Crippen LogP contribution in [0.25, 0.3) is 11.5 Å². The molecule has 1 saturated heterocycles. The smallest absolute Gasteiger partial charge is 0.226 e. The van der Waals surface area contributed by atoms with Gasteiger partial charge < -0.3 is 19.2 Å². The first kappa shape index (κ1) is 21.5. The summed E-state index contributed by atoms with van der Waals surface area (Å²) in [6, 6.07) is 8.09. The average Bonchev–Trinajstić information content (AvgIpc) is 3.09. The van der Waals surface area contributed by atoms with Gasteiger partial charge in [-0.1, -0.05) is 18.2 Å². The number of aromatic nitrogens is 1. The van der Waals surface area contributed by atoms with E-state index in [0.29, 0.717) is 25.5 Å². The van der Waals surface area contributed by atoms with Gasteiger partial charge in [-0.3, -0.25) is 9.69 Å². The number of likely N-dealkylation sites (tertiary alicyclic amines) is 1. The number of aryl methyl sites for hydroxylation is 2. The summed E-state index contributed by atoms with van der Waals surface area (Å²) >= 11 is 0. The molecule has 29 heavy (non-hydrogen) atoms. The van der Waals surface area contributed by atoms with Crippen molar-refractivity contribution < 1.29 is 18.7 Å². The first-order chi connectivity index (χ1) is 14.0. The van der Waals surface area contributed by atoms with Crippen LogP contribution >= 0.6 is 0 Å². The van der Waals surface area contributed by atoms with Gasteiger partial charge in [-0.05, 0) is 44.9 Å². The third-order valence-electron chi connectivity index (χ3n) is 5.49. The highest BCUT2D eigenvalue weighted by Crippen LogP contribution is 2.26. The van der Waals surface area contributed by atoms with Crippen molar-refractivity contribution >= 4 is 5.91 Å². The number of carbonyl (C=O) groups excluding carboxylic acids is 1. The molecule has 1 fully saturated rings. The molecule has 1 aliphatic rings. The predicted molar refractivity (Wildman–Crippen MR) is 110 cm³/mol. The van der Waals surface area contributed by atoms with Gasteiger partial charge in [-0.2, -0.15) is 0 Å². The first-order valence-electron chi connectivity index (χ1n) is 10.1. The largest absolute Gasteiger partial charge is 0.441 e. The number of carbonyl (C=O) groups is 1. The lowest BCUT2D eigenvalue weighted by Crippen LogP contribution is -2.44. The van der Waals surface area contributed by atoms with E-state index in [-0.39, 0.29) is 11.8 Å². The molecule has 2 aromatic rings. The van der Waals surface area contributed by atoms with Crippen LogP contribution in [0.4, 0.5) is 0 Å². The summed E-state index contributed by atoms with van der Waals surface area (Å²) in [5, 5.41) is 2.93. The summed E-state index contributed by atoms with van der Waals surface area (Å²) in [6.07, 6.45) is 1.45.